The third-order valence-corrected chi connectivity index (χ3v) is 5.24. The second-order valence-corrected chi connectivity index (χ2v) is 7.87. The van der Waals surface area contributed by atoms with Gasteiger partial charge >= 0.3 is 12.6 Å². The van der Waals surface area contributed by atoms with Gasteiger partial charge < -0.3 is 19.5 Å². The fourth-order valence-electron chi connectivity index (χ4n) is 3.97. The molecule has 6 nitrogen and oxygen atoms in total. The van der Waals surface area contributed by atoms with E-state index in [4.69, 9.17) is 14.6 Å². The molecule has 0 unspecified atom stereocenters. The number of amides is 1. The summed E-state index contributed by atoms with van der Waals surface area (Å²) in [4.78, 5) is 25.6. The van der Waals surface area contributed by atoms with Crippen molar-refractivity contribution in [2.75, 3.05) is 4.90 Å². The van der Waals surface area contributed by atoms with Crippen LogP contribution in [0.5, 0.6) is 11.5 Å². The van der Waals surface area contributed by atoms with Gasteiger partial charge in [0.25, 0.3) is 5.91 Å². The molecule has 33 heavy (non-hydrogen) atoms. The predicted octanol–water partition coefficient (Wildman–Crippen LogP) is 5.16. The van der Waals surface area contributed by atoms with Crippen molar-refractivity contribution in [2.24, 2.45) is 0 Å². The molecule has 0 fully saturated rings. The average Bonchev–Trinajstić information content (AvgIpc) is 3.06. The Labute approximate surface area is 187 Å². The molecule has 0 saturated heterocycles. The number of nitrogens with zero attached hydrogens (tertiary/aromatic N) is 1. The Morgan fingerprint density at radius 3 is 2.52 bits per heavy atom. The van der Waals surface area contributed by atoms with Crippen molar-refractivity contribution in [3.05, 3.63) is 65.0 Å². The lowest BCUT2D eigenvalue weighted by atomic mass is 9.98. The molecule has 1 N–H and O–H groups in total. The van der Waals surface area contributed by atoms with Gasteiger partial charge in [0.05, 0.1) is 24.6 Å². The summed E-state index contributed by atoms with van der Waals surface area (Å²) in [5.74, 6) is -2.23. The van der Waals surface area contributed by atoms with Crippen LogP contribution in [0.15, 0.2) is 42.5 Å². The number of rotatable bonds is 7. The van der Waals surface area contributed by atoms with Crippen LogP contribution in [0, 0.1) is 5.82 Å². The van der Waals surface area contributed by atoms with E-state index in [9.17, 15) is 22.8 Å². The van der Waals surface area contributed by atoms with Gasteiger partial charge in [-0.25, -0.2) is 4.39 Å². The molecule has 1 amide bonds. The van der Waals surface area contributed by atoms with Crippen molar-refractivity contribution in [2.45, 2.75) is 39.5 Å². The van der Waals surface area contributed by atoms with Crippen molar-refractivity contribution >= 4 is 28.3 Å². The molecule has 0 radical (unpaired) electrons. The molecule has 9 heteroatoms. The number of fused-ring (bicyclic) bond motifs is 3. The first-order valence-corrected chi connectivity index (χ1v) is 10.2. The minimum absolute atomic E-state index is 0.0322. The van der Waals surface area contributed by atoms with Crippen molar-refractivity contribution in [1.82, 2.24) is 0 Å². The minimum Gasteiger partial charge on any atom is -0.490 e. The Kier molecular flexibility index (Phi) is 5.88. The fourth-order valence-corrected chi connectivity index (χ4v) is 3.97. The van der Waals surface area contributed by atoms with Crippen LogP contribution in [0.2, 0.25) is 0 Å². The summed E-state index contributed by atoms with van der Waals surface area (Å²) in [7, 11) is 0. The van der Waals surface area contributed by atoms with E-state index >= 15 is 0 Å². The molecule has 0 aliphatic carbocycles. The molecule has 0 saturated carbocycles. The normalized spacial score (nSPS) is 13.2. The van der Waals surface area contributed by atoms with Crippen LogP contribution in [-0.4, -0.2) is 29.7 Å². The number of hydrogen-bond donors (Lipinski definition) is 1. The highest BCUT2D eigenvalue weighted by atomic mass is 19.3. The second-order valence-electron chi connectivity index (χ2n) is 7.87. The molecule has 1 aliphatic heterocycles. The van der Waals surface area contributed by atoms with Gasteiger partial charge in [0.15, 0.2) is 0 Å². The summed E-state index contributed by atoms with van der Waals surface area (Å²) in [6.07, 6.45) is -0.709. The monoisotopic (exact) mass is 459 g/mol. The van der Waals surface area contributed by atoms with Gasteiger partial charge in [0, 0.05) is 16.6 Å². The van der Waals surface area contributed by atoms with Crippen molar-refractivity contribution in [3.63, 3.8) is 0 Å². The van der Waals surface area contributed by atoms with E-state index < -0.39 is 30.7 Å². The lowest BCUT2D eigenvalue weighted by Gasteiger charge is -2.17. The lowest BCUT2D eigenvalue weighted by molar-refractivity contribution is -0.136. The summed E-state index contributed by atoms with van der Waals surface area (Å²) in [5, 5.41) is 9.85. The number of hydrogen-bond acceptors (Lipinski definition) is 4. The Balaban J connectivity index is 1.85. The van der Waals surface area contributed by atoms with E-state index in [1.807, 2.05) is 13.8 Å². The number of alkyl halides is 2. The number of carbonyl (C=O) groups excluding carboxylic acids is 1. The zero-order chi connectivity index (χ0) is 23.9. The minimum atomic E-state index is -3.10. The maximum absolute atomic E-state index is 14.5. The fraction of sp³-hybridized carbons (Fsp3) is 0.250. The Bertz CT molecular complexity index is 1260. The first kappa shape index (κ1) is 22.4. The zero-order valence-corrected chi connectivity index (χ0v) is 17.8. The molecule has 0 atom stereocenters. The van der Waals surface area contributed by atoms with E-state index in [1.54, 1.807) is 18.2 Å². The van der Waals surface area contributed by atoms with Crippen LogP contribution in [0.3, 0.4) is 0 Å². The van der Waals surface area contributed by atoms with Gasteiger partial charge in [0.1, 0.15) is 17.3 Å². The maximum Gasteiger partial charge on any atom is 0.387 e. The van der Waals surface area contributed by atoms with E-state index in [-0.39, 0.29) is 40.8 Å². The van der Waals surface area contributed by atoms with Crippen LogP contribution < -0.4 is 14.4 Å². The number of halogens is 3. The smallest absolute Gasteiger partial charge is 0.387 e. The highest BCUT2D eigenvalue weighted by molar-refractivity contribution is 6.19. The Morgan fingerprint density at radius 2 is 1.88 bits per heavy atom. The van der Waals surface area contributed by atoms with Crippen LogP contribution in [-0.2, 0) is 17.8 Å². The third kappa shape index (κ3) is 4.30. The summed E-state index contributed by atoms with van der Waals surface area (Å²) in [6.45, 7) is 0.421. The number of anilines is 1. The van der Waals surface area contributed by atoms with Crippen LogP contribution in [0.4, 0.5) is 18.9 Å². The van der Waals surface area contributed by atoms with E-state index in [1.165, 1.54) is 23.1 Å². The van der Waals surface area contributed by atoms with Crippen LogP contribution >= 0.6 is 0 Å². The largest absolute Gasteiger partial charge is 0.490 e. The van der Waals surface area contributed by atoms with Crippen molar-refractivity contribution < 1.29 is 37.3 Å². The molecule has 3 aromatic rings. The quantitative estimate of drug-likeness (QED) is 0.529. The third-order valence-electron chi connectivity index (χ3n) is 5.24. The molecule has 0 bridgehead atoms. The van der Waals surface area contributed by atoms with E-state index in [2.05, 4.69) is 0 Å². The molecule has 172 valence electrons. The molecule has 3 aromatic carbocycles. The Morgan fingerprint density at radius 1 is 1.12 bits per heavy atom. The number of carboxylic acid groups (broad SMARTS) is 1. The average molecular weight is 459 g/mol. The van der Waals surface area contributed by atoms with Crippen molar-refractivity contribution in [3.8, 4) is 11.5 Å². The first-order valence-electron chi connectivity index (χ1n) is 10.2. The van der Waals surface area contributed by atoms with E-state index in [0.29, 0.717) is 16.5 Å². The number of ether oxygens (including phenoxy) is 2. The molecule has 1 aliphatic rings. The Hall–Kier alpha value is -3.75. The lowest BCUT2D eigenvalue weighted by Crippen LogP contribution is -2.23. The topological polar surface area (TPSA) is 76.1 Å². The van der Waals surface area contributed by atoms with Gasteiger partial charge in [0.2, 0.25) is 0 Å². The summed E-state index contributed by atoms with van der Waals surface area (Å²) < 4.78 is 51.3. The molecule has 1 heterocycles. The second kappa shape index (κ2) is 8.65. The zero-order valence-electron chi connectivity index (χ0n) is 17.8. The van der Waals surface area contributed by atoms with Gasteiger partial charge in [-0.05, 0) is 49.1 Å². The summed E-state index contributed by atoms with van der Waals surface area (Å²) >= 11 is 0. The van der Waals surface area contributed by atoms with Crippen LogP contribution in [0.25, 0.3) is 10.8 Å². The van der Waals surface area contributed by atoms with E-state index in [0.717, 1.165) is 6.07 Å². The highest BCUT2D eigenvalue weighted by Gasteiger charge is 2.35. The molecule has 0 aromatic heterocycles. The number of benzene rings is 3. The summed E-state index contributed by atoms with van der Waals surface area (Å²) in [6, 6.07) is 10.2. The first-order chi connectivity index (χ1) is 15.7. The number of carboxylic acids is 1. The molecular weight excluding hydrogens is 439 g/mol. The summed E-state index contributed by atoms with van der Waals surface area (Å²) in [5.41, 5.74) is 0.522. The van der Waals surface area contributed by atoms with Crippen molar-refractivity contribution in [1.29, 1.82) is 0 Å². The number of carbonyl (C=O) groups is 2. The van der Waals surface area contributed by atoms with Gasteiger partial charge in [-0.2, -0.15) is 8.78 Å². The van der Waals surface area contributed by atoms with Gasteiger partial charge in [-0.3, -0.25) is 9.59 Å². The SMILES string of the molecule is CC(C)Oc1cccc2cc(OC(F)F)c3c(c12)C(=O)N(c1ccc(CC(=O)O)c(F)c1)C3. The maximum atomic E-state index is 14.5. The van der Waals surface area contributed by atoms with Gasteiger partial charge in [-0.1, -0.05) is 18.2 Å². The van der Waals surface area contributed by atoms with Crippen LogP contribution in [0.1, 0.15) is 35.3 Å². The molecule has 0 spiro atoms. The van der Waals surface area contributed by atoms with Gasteiger partial charge in [-0.15, -0.1) is 0 Å². The number of aliphatic carboxylic acids is 1. The standard InChI is InChI=1S/C24H20F3NO5/c1-12(2)32-18-5-3-4-14-8-19(33-24(26)27)16-11-28(23(31)22(16)21(14)18)15-7-6-13(9-20(29)30)17(25)10-15/h3-8,10,12,24H,9,11H2,1-2H3,(H,29,30). The highest BCUT2D eigenvalue weighted by Crippen LogP contribution is 2.43. The molecule has 4 rings (SSSR count). The molecular formula is C24H20F3NO5. The predicted molar refractivity (Wildman–Crippen MR) is 115 cm³/mol.